The van der Waals surface area contributed by atoms with E-state index in [0.29, 0.717) is 33.0 Å². The molecule has 12 nitrogen and oxygen atoms in total. The Morgan fingerprint density at radius 3 is 2.25 bits per heavy atom. The lowest BCUT2D eigenvalue weighted by atomic mass is 9.85. The number of sulfonamides is 1. The van der Waals surface area contributed by atoms with Gasteiger partial charge in [-0.3, -0.25) is 0 Å². The topological polar surface area (TPSA) is 125 Å². The van der Waals surface area contributed by atoms with Gasteiger partial charge in [0.05, 0.1) is 69.0 Å². The van der Waals surface area contributed by atoms with Crippen LogP contribution < -0.4 is 9.64 Å². The SMILES string of the molecule is COCCCN1CCOc2ccc(CO[C@H]3CN(S(=O)(=O)c4ccc(C)cc4)C[C@@H](OC[C@H](O)COC)[C@@H]3c3ccc(COCCOC)cc3)cc21. The molecule has 0 aliphatic carbocycles. The van der Waals surface area contributed by atoms with Gasteiger partial charge in [-0.2, -0.15) is 4.31 Å². The number of rotatable bonds is 20. The molecule has 52 heavy (non-hydrogen) atoms. The van der Waals surface area contributed by atoms with Crippen LogP contribution >= 0.6 is 0 Å². The second kappa shape index (κ2) is 19.8. The third-order valence-corrected chi connectivity index (χ3v) is 11.2. The van der Waals surface area contributed by atoms with Crippen molar-refractivity contribution in [1.82, 2.24) is 4.31 Å². The lowest BCUT2D eigenvalue weighted by Crippen LogP contribution is -2.54. The van der Waals surface area contributed by atoms with E-state index in [-0.39, 0.29) is 43.7 Å². The van der Waals surface area contributed by atoms with Crippen molar-refractivity contribution in [3.63, 3.8) is 0 Å². The van der Waals surface area contributed by atoms with Crippen LogP contribution in [0.3, 0.4) is 0 Å². The summed E-state index contributed by atoms with van der Waals surface area (Å²) in [6.07, 6.45) is -1.22. The van der Waals surface area contributed by atoms with E-state index in [4.69, 9.17) is 33.2 Å². The summed E-state index contributed by atoms with van der Waals surface area (Å²) in [7, 11) is 0.950. The Labute approximate surface area is 308 Å². The summed E-state index contributed by atoms with van der Waals surface area (Å²) in [4.78, 5) is 2.51. The lowest BCUT2D eigenvalue weighted by molar-refractivity contribution is -0.0997. The largest absolute Gasteiger partial charge is 0.490 e. The van der Waals surface area contributed by atoms with Crippen molar-refractivity contribution in [2.24, 2.45) is 0 Å². The van der Waals surface area contributed by atoms with Gasteiger partial charge in [0.15, 0.2) is 0 Å². The molecular weight excluding hydrogens is 688 g/mol. The number of fused-ring (bicyclic) bond motifs is 1. The van der Waals surface area contributed by atoms with E-state index in [1.807, 2.05) is 43.3 Å². The van der Waals surface area contributed by atoms with Crippen molar-refractivity contribution in [2.45, 2.75) is 55.7 Å². The molecule has 0 bridgehead atoms. The molecule has 3 aromatic rings. The van der Waals surface area contributed by atoms with E-state index in [9.17, 15) is 13.5 Å². The molecule has 5 rings (SSSR count). The highest BCUT2D eigenvalue weighted by Crippen LogP contribution is 2.37. The predicted octanol–water partition coefficient (Wildman–Crippen LogP) is 4.16. The fourth-order valence-electron chi connectivity index (χ4n) is 6.63. The van der Waals surface area contributed by atoms with Crippen molar-refractivity contribution < 1.29 is 46.7 Å². The molecule has 1 fully saturated rings. The summed E-state index contributed by atoms with van der Waals surface area (Å²) in [5.74, 6) is 0.474. The molecule has 3 aromatic carbocycles. The number of aliphatic hydroxyl groups excluding tert-OH is 1. The van der Waals surface area contributed by atoms with Gasteiger partial charge in [0.2, 0.25) is 10.0 Å². The van der Waals surface area contributed by atoms with Crippen LogP contribution in [0.5, 0.6) is 5.75 Å². The van der Waals surface area contributed by atoms with E-state index in [1.165, 1.54) is 11.4 Å². The molecule has 4 atom stereocenters. The highest BCUT2D eigenvalue weighted by atomic mass is 32.2. The van der Waals surface area contributed by atoms with Gasteiger partial charge in [0.25, 0.3) is 0 Å². The van der Waals surface area contributed by atoms with Crippen molar-refractivity contribution in [1.29, 1.82) is 0 Å². The maximum atomic E-state index is 14.1. The van der Waals surface area contributed by atoms with Crippen molar-refractivity contribution >= 4 is 15.7 Å². The molecule has 2 aliphatic rings. The number of piperidine rings is 1. The number of aliphatic hydroxyl groups is 1. The standard InChI is InChI=1S/C39H54N2O10S/c1-29-6-13-34(14-7-29)52(43,44)41-23-37(50-26-31-10-15-36-35(22-31)40(17-19-49-36)16-5-18-45-2)39(38(24-41)51-28-33(42)27-47-4)32-11-8-30(9-12-32)25-48-21-20-46-3/h6-15,22,33,37-39,42H,5,16-21,23-28H2,1-4H3/t33-,37+,38-,39-/m1/s1. The summed E-state index contributed by atoms with van der Waals surface area (Å²) in [6.45, 7) is 6.75. The highest BCUT2D eigenvalue weighted by Gasteiger charge is 2.44. The Kier molecular flexibility index (Phi) is 15.3. The van der Waals surface area contributed by atoms with E-state index < -0.39 is 28.3 Å². The number of hydrogen-bond donors (Lipinski definition) is 1. The monoisotopic (exact) mass is 742 g/mol. The summed E-state index contributed by atoms with van der Waals surface area (Å²) in [5, 5.41) is 10.6. The molecule has 0 spiro atoms. The first kappa shape index (κ1) is 40.1. The van der Waals surface area contributed by atoms with Gasteiger partial charge in [0.1, 0.15) is 18.5 Å². The number of benzene rings is 3. The third-order valence-electron chi connectivity index (χ3n) is 9.38. The molecule has 13 heteroatoms. The molecule has 1 N–H and O–H groups in total. The van der Waals surface area contributed by atoms with Crippen molar-refractivity contribution in [2.75, 3.05) is 92.0 Å². The Morgan fingerprint density at radius 2 is 1.54 bits per heavy atom. The van der Waals surface area contributed by atoms with Gasteiger partial charge < -0.3 is 43.2 Å². The fourth-order valence-corrected chi connectivity index (χ4v) is 8.09. The third kappa shape index (κ3) is 10.7. The molecule has 286 valence electrons. The van der Waals surface area contributed by atoms with Crippen LogP contribution in [0, 0.1) is 6.92 Å². The van der Waals surface area contributed by atoms with Gasteiger partial charge >= 0.3 is 0 Å². The summed E-state index contributed by atoms with van der Waals surface area (Å²) < 4.78 is 70.1. The second-order valence-electron chi connectivity index (χ2n) is 13.3. The average Bonchev–Trinajstić information content (AvgIpc) is 3.15. The minimum atomic E-state index is -3.91. The van der Waals surface area contributed by atoms with Crippen LogP contribution in [0.1, 0.15) is 34.6 Å². The first-order valence-corrected chi connectivity index (χ1v) is 19.3. The number of anilines is 1. The average molecular weight is 743 g/mol. The Hall–Kier alpha value is -3.11. The van der Waals surface area contributed by atoms with Crippen LogP contribution in [-0.2, 0) is 51.7 Å². The van der Waals surface area contributed by atoms with Crippen molar-refractivity contribution in [3.8, 4) is 5.75 Å². The zero-order chi connectivity index (χ0) is 36.9. The number of hydrogen-bond acceptors (Lipinski definition) is 11. The molecule has 0 aromatic heterocycles. The number of nitrogens with zero attached hydrogens (tertiary/aromatic N) is 2. The maximum Gasteiger partial charge on any atom is 0.243 e. The number of methoxy groups -OCH3 is 3. The van der Waals surface area contributed by atoms with Crippen LogP contribution in [0.2, 0.25) is 0 Å². The van der Waals surface area contributed by atoms with Crippen LogP contribution in [0.4, 0.5) is 5.69 Å². The maximum absolute atomic E-state index is 14.1. The molecule has 2 aliphatic heterocycles. The van der Waals surface area contributed by atoms with E-state index in [2.05, 4.69) is 11.0 Å². The molecule has 1 saturated heterocycles. The minimum absolute atomic E-state index is 0.0324. The van der Waals surface area contributed by atoms with E-state index in [0.717, 1.165) is 53.2 Å². The van der Waals surface area contributed by atoms with Gasteiger partial charge in [-0.15, -0.1) is 0 Å². The van der Waals surface area contributed by atoms with Crippen molar-refractivity contribution in [3.05, 3.63) is 89.0 Å². The first-order valence-electron chi connectivity index (χ1n) is 17.9. The van der Waals surface area contributed by atoms with E-state index in [1.54, 1.807) is 38.5 Å². The normalized spacial score (nSPS) is 20.0. The zero-order valence-electron chi connectivity index (χ0n) is 30.8. The number of ether oxygens (including phenoxy) is 7. The van der Waals surface area contributed by atoms with Gasteiger partial charge in [0, 0.05) is 53.5 Å². The van der Waals surface area contributed by atoms with Gasteiger partial charge in [-0.1, -0.05) is 48.0 Å². The van der Waals surface area contributed by atoms with Gasteiger partial charge in [-0.25, -0.2) is 8.42 Å². The molecule has 0 saturated carbocycles. The quantitative estimate of drug-likeness (QED) is 0.168. The predicted molar refractivity (Wildman–Crippen MR) is 197 cm³/mol. The molecule has 0 amide bonds. The summed E-state index contributed by atoms with van der Waals surface area (Å²) in [6, 6.07) is 21.0. The first-order chi connectivity index (χ1) is 25.2. The molecule has 0 unspecified atom stereocenters. The molecular formula is C39H54N2O10S. The zero-order valence-corrected chi connectivity index (χ0v) is 31.6. The number of aryl methyl sites for hydroxylation is 1. The Morgan fingerprint density at radius 1 is 0.827 bits per heavy atom. The Balaban J connectivity index is 1.45. The van der Waals surface area contributed by atoms with Gasteiger partial charge in [-0.05, 0) is 54.3 Å². The second-order valence-corrected chi connectivity index (χ2v) is 15.2. The molecule has 2 heterocycles. The summed E-state index contributed by atoms with van der Waals surface area (Å²) in [5.41, 5.74) is 4.84. The smallest absolute Gasteiger partial charge is 0.243 e. The van der Waals surface area contributed by atoms with E-state index >= 15 is 0 Å². The minimum Gasteiger partial charge on any atom is -0.490 e. The summed E-state index contributed by atoms with van der Waals surface area (Å²) >= 11 is 0. The Bertz CT molecular complexity index is 1620. The molecule has 0 radical (unpaired) electrons. The lowest BCUT2D eigenvalue weighted by Gasteiger charge is -2.43. The van der Waals surface area contributed by atoms with Crippen LogP contribution in [0.25, 0.3) is 0 Å². The highest BCUT2D eigenvalue weighted by molar-refractivity contribution is 7.89. The fraction of sp³-hybridized carbons (Fsp3) is 0.538. The van der Waals surface area contributed by atoms with Crippen LogP contribution in [0.15, 0.2) is 71.6 Å². The van der Waals surface area contributed by atoms with Crippen LogP contribution in [-0.4, -0.2) is 123 Å².